The summed E-state index contributed by atoms with van der Waals surface area (Å²) in [5, 5.41) is 2.86. The van der Waals surface area contributed by atoms with E-state index in [1.165, 1.54) is 40.6 Å². The summed E-state index contributed by atoms with van der Waals surface area (Å²) < 4.78 is 13.2. The summed E-state index contributed by atoms with van der Waals surface area (Å²) in [4.78, 5) is 27.1. The molecule has 0 saturated heterocycles. The van der Waals surface area contributed by atoms with Crippen LogP contribution in [0.2, 0.25) is 0 Å². The van der Waals surface area contributed by atoms with Crippen molar-refractivity contribution in [1.29, 1.82) is 0 Å². The highest BCUT2D eigenvalue weighted by atomic mass is 32.2. The molecule has 0 bridgehead atoms. The van der Waals surface area contributed by atoms with Gasteiger partial charge in [-0.05, 0) is 50.5 Å². The molecule has 0 saturated carbocycles. The van der Waals surface area contributed by atoms with Gasteiger partial charge in [0.2, 0.25) is 11.8 Å². The van der Waals surface area contributed by atoms with E-state index in [1.807, 2.05) is 6.92 Å². The van der Waals surface area contributed by atoms with E-state index in [0.29, 0.717) is 6.54 Å². The number of rotatable bonds is 10. The number of carbonyl (C=O) groups is 2. The van der Waals surface area contributed by atoms with Gasteiger partial charge < -0.3 is 10.2 Å². The summed E-state index contributed by atoms with van der Waals surface area (Å²) in [7, 11) is 0. The Morgan fingerprint density at radius 1 is 1.07 bits per heavy atom. The molecule has 0 spiro atoms. The normalized spacial score (nSPS) is 11.8. The van der Waals surface area contributed by atoms with Crippen molar-refractivity contribution in [3.05, 3.63) is 70.5 Å². The Kier molecular flexibility index (Phi) is 9.37. The Labute approximate surface area is 183 Å². The number of hydrogen-bond donors (Lipinski definition) is 1. The fraction of sp³-hybridized carbons (Fsp3) is 0.417. The quantitative estimate of drug-likeness (QED) is 0.598. The fourth-order valence-corrected chi connectivity index (χ4v) is 4.10. The molecule has 30 heavy (non-hydrogen) atoms. The number of thioether (sulfide) groups is 1. The summed E-state index contributed by atoms with van der Waals surface area (Å²) in [6, 6.07) is 11.8. The van der Waals surface area contributed by atoms with Crippen molar-refractivity contribution < 1.29 is 14.0 Å². The monoisotopic (exact) mass is 430 g/mol. The summed E-state index contributed by atoms with van der Waals surface area (Å²) in [5.41, 5.74) is 4.38. The number of halogens is 1. The lowest BCUT2D eigenvalue weighted by Crippen LogP contribution is -2.48. The molecule has 162 valence electrons. The van der Waals surface area contributed by atoms with Crippen LogP contribution in [0.3, 0.4) is 0 Å². The third-order valence-corrected chi connectivity index (χ3v) is 5.75. The molecule has 0 aliphatic carbocycles. The zero-order valence-electron chi connectivity index (χ0n) is 18.2. The first-order valence-corrected chi connectivity index (χ1v) is 11.4. The van der Waals surface area contributed by atoms with Crippen molar-refractivity contribution >= 4 is 23.6 Å². The number of amides is 2. The van der Waals surface area contributed by atoms with E-state index in [4.69, 9.17) is 0 Å². The smallest absolute Gasteiger partial charge is 0.242 e. The number of aryl methyl sites for hydroxylation is 2. The van der Waals surface area contributed by atoms with Gasteiger partial charge in [-0.15, -0.1) is 11.8 Å². The van der Waals surface area contributed by atoms with Crippen LogP contribution >= 0.6 is 11.8 Å². The summed E-state index contributed by atoms with van der Waals surface area (Å²) in [6.07, 6.45) is 0.829. The van der Waals surface area contributed by atoms with Crippen LogP contribution in [0.1, 0.15) is 42.5 Å². The minimum atomic E-state index is -0.601. The standard InChI is InChI=1S/C24H31FN2O2S/c1-5-10-26-24(29)19(4)27(14-20-6-8-22(25)9-7-20)23(28)16-30-15-21-12-17(2)11-18(3)13-21/h6-9,11-13,19H,5,10,14-16H2,1-4H3,(H,26,29). The molecule has 0 fully saturated rings. The highest BCUT2D eigenvalue weighted by Gasteiger charge is 2.25. The molecule has 2 rings (SSSR count). The third-order valence-electron chi connectivity index (χ3n) is 4.76. The number of nitrogens with zero attached hydrogens (tertiary/aromatic N) is 1. The van der Waals surface area contributed by atoms with E-state index >= 15 is 0 Å². The molecular formula is C24H31FN2O2S. The van der Waals surface area contributed by atoms with Crippen molar-refractivity contribution in [3.63, 3.8) is 0 Å². The highest BCUT2D eigenvalue weighted by molar-refractivity contribution is 7.99. The number of benzene rings is 2. The SMILES string of the molecule is CCCNC(=O)C(C)N(Cc1ccc(F)cc1)C(=O)CSCc1cc(C)cc(C)c1. The first-order chi connectivity index (χ1) is 14.3. The van der Waals surface area contributed by atoms with E-state index < -0.39 is 6.04 Å². The number of hydrogen-bond acceptors (Lipinski definition) is 3. The molecule has 1 unspecified atom stereocenters. The van der Waals surface area contributed by atoms with E-state index in [0.717, 1.165) is 17.7 Å². The highest BCUT2D eigenvalue weighted by Crippen LogP contribution is 2.18. The predicted octanol–water partition coefficient (Wildman–Crippen LogP) is 4.62. The van der Waals surface area contributed by atoms with Crippen molar-refractivity contribution in [2.24, 2.45) is 0 Å². The van der Waals surface area contributed by atoms with Crippen molar-refractivity contribution in [1.82, 2.24) is 10.2 Å². The van der Waals surface area contributed by atoms with Crippen LogP contribution < -0.4 is 5.32 Å². The second kappa shape index (κ2) is 11.7. The molecule has 1 atom stereocenters. The molecule has 2 amide bonds. The minimum Gasteiger partial charge on any atom is -0.354 e. The molecular weight excluding hydrogens is 399 g/mol. The lowest BCUT2D eigenvalue weighted by Gasteiger charge is -2.28. The predicted molar refractivity (Wildman–Crippen MR) is 122 cm³/mol. The van der Waals surface area contributed by atoms with Crippen LogP contribution in [0, 0.1) is 19.7 Å². The molecule has 6 heteroatoms. The van der Waals surface area contributed by atoms with E-state index in [-0.39, 0.29) is 29.9 Å². The van der Waals surface area contributed by atoms with Gasteiger partial charge in [0.05, 0.1) is 5.75 Å². The zero-order chi connectivity index (χ0) is 22.1. The fourth-order valence-electron chi connectivity index (χ4n) is 3.26. The van der Waals surface area contributed by atoms with Gasteiger partial charge in [-0.1, -0.05) is 48.4 Å². The van der Waals surface area contributed by atoms with Crippen LogP contribution in [-0.2, 0) is 21.9 Å². The summed E-state index contributed by atoms with van der Waals surface area (Å²) in [5.74, 6) is 0.406. The van der Waals surface area contributed by atoms with Crippen LogP contribution in [0.5, 0.6) is 0 Å². The maximum atomic E-state index is 13.2. The molecule has 2 aromatic rings. The molecule has 2 aromatic carbocycles. The summed E-state index contributed by atoms with van der Waals surface area (Å²) >= 11 is 1.54. The van der Waals surface area contributed by atoms with Crippen LogP contribution in [0.15, 0.2) is 42.5 Å². The van der Waals surface area contributed by atoms with E-state index in [2.05, 4.69) is 37.4 Å². The first kappa shape index (κ1) is 23.9. The topological polar surface area (TPSA) is 49.4 Å². The van der Waals surface area contributed by atoms with Gasteiger partial charge in [-0.25, -0.2) is 4.39 Å². The molecule has 0 heterocycles. The average Bonchev–Trinajstić information content (AvgIpc) is 2.70. The van der Waals surface area contributed by atoms with Gasteiger partial charge in [0, 0.05) is 18.8 Å². The molecule has 0 radical (unpaired) electrons. The minimum absolute atomic E-state index is 0.104. The Hall–Kier alpha value is -2.34. The first-order valence-electron chi connectivity index (χ1n) is 10.3. The molecule has 0 aromatic heterocycles. The maximum absolute atomic E-state index is 13.2. The second-order valence-corrected chi connectivity index (χ2v) is 8.59. The van der Waals surface area contributed by atoms with Gasteiger partial charge in [-0.2, -0.15) is 0 Å². The largest absolute Gasteiger partial charge is 0.354 e. The van der Waals surface area contributed by atoms with E-state index in [9.17, 15) is 14.0 Å². The van der Waals surface area contributed by atoms with Crippen molar-refractivity contribution in [2.75, 3.05) is 12.3 Å². The lowest BCUT2D eigenvalue weighted by atomic mass is 10.1. The molecule has 0 aliphatic heterocycles. The van der Waals surface area contributed by atoms with E-state index in [1.54, 1.807) is 24.0 Å². The Balaban J connectivity index is 2.06. The summed E-state index contributed by atoms with van der Waals surface area (Å²) in [6.45, 7) is 8.69. The molecule has 1 N–H and O–H groups in total. The zero-order valence-corrected chi connectivity index (χ0v) is 19.0. The van der Waals surface area contributed by atoms with Crippen LogP contribution in [-0.4, -0.2) is 35.1 Å². The molecule has 0 aliphatic rings. The van der Waals surface area contributed by atoms with Gasteiger partial charge in [0.1, 0.15) is 11.9 Å². The lowest BCUT2D eigenvalue weighted by molar-refractivity contribution is -0.138. The van der Waals surface area contributed by atoms with Gasteiger partial charge in [0.15, 0.2) is 0 Å². The Morgan fingerprint density at radius 2 is 1.70 bits per heavy atom. The second-order valence-electron chi connectivity index (χ2n) is 7.60. The van der Waals surface area contributed by atoms with Crippen LogP contribution in [0.25, 0.3) is 0 Å². The van der Waals surface area contributed by atoms with Crippen LogP contribution in [0.4, 0.5) is 4.39 Å². The number of carbonyl (C=O) groups excluding carboxylic acids is 2. The van der Waals surface area contributed by atoms with Gasteiger partial charge in [0.25, 0.3) is 0 Å². The maximum Gasteiger partial charge on any atom is 0.242 e. The van der Waals surface area contributed by atoms with Gasteiger partial charge >= 0.3 is 0 Å². The Morgan fingerprint density at radius 3 is 2.30 bits per heavy atom. The van der Waals surface area contributed by atoms with Crippen molar-refractivity contribution in [3.8, 4) is 0 Å². The Bertz CT molecular complexity index is 835. The van der Waals surface area contributed by atoms with Gasteiger partial charge in [-0.3, -0.25) is 9.59 Å². The average molecular weight is 431 g/mol. The third kappa shape index (κ3) is 7.48. The van der Waals surface area contributed by atoms with Crippen molar-refractivity contribution in [2.45, 2.75) is 52.5 Å². The number of nitrogens with one attached hydrogen (secondary N) is 1. The molecule has 4 nitrogen and oxygen atoms in total.